The van der Waals surface area contributed by atoms with Crippen molar-refractivity contribution in [1.82, 2.24) is 4.98 Å². The molecule has 1 saturated carbocycles. The first-order chi connectivity index (χ1) is 16.6. The molecule has 1 aromatic carbocycles. The Labute approximate surface area is 208 Å². The summed E-state index contributed by atoms with van der Waals surface area (Å²) in [5, 5.41) is 3.50. The maximum Gasteiger partial charge on any atom is 0.230 e. The van der Waals surface area contributed by atoms with E-state index in [2.05, 4.69) is 67.2 Å². The zero-order valence-electron chi connectivity index (χ0n) is 21.6. The van der Waals surface area contributed by atoms with Gasteiger partial charge < -0.3 is 24.6 Å². The van der Waals surface area contributed by atoms with Gasteiger partial charge in [0, 0.05) is 43.6 Å². The number of benzene rings is 1. The van der Waals surface area contributed by atoms with Gasteiger partial charge in [0.1, 0.15) is 5.82 Å². The molecule has 1 saturated heterocycles. The molecule has 2 fully saturated rings. The fourth-order valence-corrected chi connectivity index (χ4v) is 6.04. The van der Waals surface area contributed by atoms with Crippen LogP contribution in [-0.4, -0.2) is 48.4 Å². The number of methoxy groups -OCH3 is 1. The van der Waals surface area contributed by atoms with Gasteiger partial charge in [-0.1, -0.05) is 6.07 Å². The Morgan fingerprint density at radius 1 is 1.09 bits per heavy atom. The van der Waals surface area contributed by atoms with E-state index in [0.29, 0.717) is 6.54 Å². The number of fused-ring (bicyclic) bond motifs is 2. The van der Waals surface area contributed by atoms with E-state index in [9.17, 15) is 4.79 Å². The zero-order chi connectivity index (χ0) is 24.8. The quantitative estimate of drug-likeness (QED) is 0.648. The number of aromatic nitrogens is 1. The van der Waals surface area contributed by atoms with E-state index < -0.39 is 0 Å². The third-order valence-corrected chi connectivity index (χ3v) is 7.43. The van der Waals surface area contributed by atoms with Gasteiger partial charge in [0.25, 0.3) is 0 Å². The Hall–Kier alpha value is -2.64. The van der Waals surface area contributed by atoms with Crippen molar-refractivity contribution < 1.29 is 14.3 Å². The first-order valence-electron chi connectivity index (χ1n) is 12.8. The van der Waals surface area contributed by atoms with Crippen LogP contribution in [0.15, 0.2) is 36.5 Å². The molecule has 1 aliphatic carbocycles. The first kappa shape index (κ1) is 24.1. The van der Waals surface area contributed by atoms with Crippen LogP contribution in [0, 0.1) is 5.92 Å². The van der Waals surface area contributed by atoms with Gasteiger partial charge in [0.05, 0.1) is 35.2 Å². The van der Waals surface area contributed by atoms with Crippen molar-refractivity contribution in [2.45, 2.75) is 77.2 Å². The lowest BCUT2D eigenvalue weighted by Gasteiger charge is -2.48. The van der Waals surface area contributed by atoms with E-state index in [1.807, 2.05) is 11.0 Å². The Morgan fingerprint density at radius 2 is 1.80 bits per heavy atom. The molecule has 3 aliphatic rings. The largest absolute Gasteiger partial charge is 0.381 e. The minimum absolute atomic E-state index is 0.0115. The van der Waals surface area contributed by atoms with E-state index in [-0.39, 0.29) is 29.1 Å². The normalized spacial score (nSPS) is 25.2. The number of morpholine rings is 1. The number of amides is 1. The van der Waals surface area contributed by atoms with E-state index in [1.54, 1.807) is 13.3 Å². The molecule has 2 aromatic rings. The number of hydrogen-bond donors (Lipinski definition) is 1. The van der Waals surface area contributed by atoms with Crippen LogP contribution in [0.1, 0.15) is 58.9 Å². The zero-order valence-corrected chi connectivity index (χ0v) is 21.6. The maximum absolute atomic E-state index is 14.0. The fourth-order valence-electron chi connectivity index (χ4n) is 6.04. The highest BCUT2D eigenvalue weighted by molar-refractivity contribution is 6.00. The van der Waals surface area contributed by atoms with Crippen LogP contribution in [-0.2, 0) is 20.8 Å². The van der Waals surface area contributed by atoms with Crippen LogP contribution >= 0.6 is 0 Å². The summed E-state index contributed by atoms with van der Waals surface area (Å²) in [4.78, 5) is 22.9. The minimum Gasteiger partial charge on any atom is -0.381 e. The van der Waals surface area contributed by atoms with Crippen molar-refractivity contribution in [3.05, 3.63) is 42.1 Å². The molecule has 188 valence electrons. The number of nitrogens with one attached hydrogen (secondary N) is 1. The number of carbonyl (C=O) groups is 1. The van der Waals surface area contributed by atoms with Gasteiger partial charge in [-0.25, -0.2) is 4.98 Å². The molecule has 0 atom stereocenters. The number of hydrogen-bond acceptors (Lipinski definition) is 6. The molecule has 7 nitrogen and oxygen atoms in total. The molecule has 0 spiro atoms. The number of pyridine rings is 1. The minimum atomic E-state index is -0.261. The first-order valence-corrected chi connectivity index (χ1v) is 12.8. The van der Waals surface area contributed by atoms with Crippen molar-refractivity contribution >= 4 is 28.8 Å². The third kappa shape index (κ3) is 5.02. The van der Waals surface area contributed by atoms with Gasteiger partial charge >= 0.3 is 0 Å². The van der Waals surface area contributed by atoms with Crippen molar-refractivity contribution in [2.75, 3.05) is 35.3 Å². The second kappa shape index (κ2) is 9.10. The molecule has 1 amide bonds. The van der Waals surface area contributed by atoms with Crippen LogP contribution in [0.5, 0.6) is 0 Å². The van der Waals surface area contributed by atoms with Gasteiger partial charge in [-0.15, -0.1) is 0 Å². The van der Waals surface area contributed by atoms with Gasteiger partial charge in [0.15, 0.2) is 0 Å². The summed E-state index contributed by atoms with van der Waals surface area (Å²) in [7, 11) is 1.77. The van der Waals surface area contributed by atoms with Crippen LogP contribution in [0.2, 0.25) is 0 Å². The molecule has 1 N–H and O–H groups in total. The lowest BCUT2D eigenvalue weighted by molar-refractivity contribution is -0.133. The number of ether oxygens (including phenoxy) is 2. The maximum atomic E-state index is 14.0. The molecular weight excluding hydrogens is 440 g/mol. The van der Waals surface area contributed by atoms with E-state index >= 15 is 0 Å². The van der Waals surface area contributed by atoms with Gasteiger partial charge in [-0.05, 0) is 77.6 Å². The summed E-state index contributed by atoms with van der Waals surface area (Å²) in [6, 6.07) is 10.4. The highest BCUT2D eigenvalue weighted by Crippen LogP contribution is 2.41. The number of anilines is 4. The summed E-state index contributed by atoms with van der Waals surface area (Å²) in [6.45, 7) is 10.6. The summed E-state index contributed by atoms with van der Waals surface area (Å²) >= 11 is 0. The lowest BCUT2D eigenvalue weighted by atomic mass is 9.86. The molecule has 5 rings (SSSR count). The van der Waals surface area contributed by atoms with Gasteiger partial charge in [-0.2, -0.15) is 0 Å². The summed E-state index contributed by atoms with van der Waals surface area (Å²) in [6.07, 6.45) is 5.65. The Kier molecular flexibility index (Phi) is 6.26. The van der Waals surface area contributed by atoms with Crippen molar-refractivity contribution in [3.8, 4) is 0 Å². The van der Waals surface area contributed by atoms with Gasteiger partial charge in [-0.3, -0.25) is 4.79 Å². The van der Waals surface area contributed by atoms with Crippen LogP contribution in [0.3, 0.4) is 0 Å². The molecule has 0 bridgehead atoms. The van der Waals surface area contributed by atoms with Crippen LogP contribution in [0.25, 0.3) is 0 Å². The number of carbonyl (C=O) groups excluding carboxylic acids is 1. The monoisotopic (exact) mass is 478 g/mol. The Morgan fingerprint density at radius 3 is 2.49 bits per heavy atom. The Bertz CT molecular complexity index is 1080. The molecule has 0 unspecified atom stereocenters. The standard InChI is InChI=1S/C28H38N4O3/c1-27(2)17-31(18-28(3,4)35-27)21-10-13-23-24(15-21)32(16-20-7-6-14-29-25(20)30-23)26(33)19-8-11-22(34-5)12-9-19/h6-7,10,13-15,19,22H,8-9,11-12,16-18H2,1-5H3,(H,29,30)/t19-,22-. The van der Waals surface area contributed by atoms with Crippen molar-refractivity contribution in [1.29, 1.82) is 0 Å². The molecule has 7 heteroatoms. The average Bonchev–Trinajstić information content (AvgIpc) is 2.98. The topological polar surface area (TPSA) is 66.9 Å². The highest BCUT2D eigenvalue weighted by atomic mass is 16.5. The van der Waals surface area contributed by atoms with Crippen molar-refractivity contribution in [3.63, 3.8) is 0 Å². The van der Waals surface area contributed by atoms with E-state index in [4.69, 9.17) is 9.47 Å². The number of rotatable bonds is 3. The smallest absolute Gasteiger partial charge is 0.230 e. The van der Waals surface area contributed by atoms with Crippen LogP contribution in [0.4, 0.5) is 22.9 Å². The second-order valence-corrected chi connectivity index (χ2v) is 11.4. The molecule has 2 aliphatic heterocycles. The number of nitrogens with zero attached hydrogens (tertiary/aromatic N) is 3. The van der Waals surface area contributed by atoms with E-state index in [1.165, 1.54) is 0 Å². The summed E-state index contributed by atoms with van der Waals surface area (Å²) < 4.78 is 11.9. The Balaban J connectivity index is 1.51. The SMILES string of the molecule is CO[C@H]1CC[C@H](C(=O)N2Cc3cccnc3Nc3ccc(N4CC(C)(C)OC(C)(C)C4)cc32)CC1. The van der Waals surface area contributed by atoms with Gasteiger partial charge in [0.2, 0.25) is 5.91 Å². The van der Waals surface area contributed by atoms with Crippen molar-refractivity contribution in [2.24, 2.45) is 5.92 Å². The molecular formula is C28H38N4O3. The molecule has 3 heterocycles. The fraction of sp³-hybridized carbons (Fsp3) is 0.571. The highest BCUT2D eigenvalue weighted by Gasteiger charge is 2.39. The average molecular weight is 479 g/mol. The second-order valence-electron chi connectivity index (χ2n) is 11.4. The summed E-state index contributed by atoms with van der Waals surface area (Å²) in [5.41, 5.74) is 3.44. The third-order valence-electron chi connectivity index (χ3n) is 7.43. The molecule has 1 aromatic heterocycles. The van der Waals surface area contributed by atoms with E-state index in [0.717, 1.165) is 67.2 Å². The predicted octanol–water partition coefficient (Wildman–Crippen LogP) is 5.27. The van der Waals surface area contributed by atoms with Crippen LogP contribution < -0.4 is 15.1 Å². The summed E-state index contributed by atoms with van der Waals surface area (Å²) in [5.74, 6) is 1.02. The predicted molar refractivity (Wildman–Crippen MR) is 139 cm³/mol. The molecule has 35 heavy (non-hydrogen) atoms. The molecule has 0 radical (unpaired) electrons. The lowest BCUT2D eigenvalue weighted by Crippen LogP contribution is -2.57.